The third-order valence-electron chi connectivity index (χ3n) is 3.48. The second-order valence-electron chi connectivity index (χ2n) is 4.74. The Morgan fingerprint density at radius 1 is 1.38 bits per heavy atom. The molecule has 0 spiro atoms. The van der Waals surface area contributed by atoms with Crippen molar-refractivity contribution in [1.82, 2.24) is 10.2 Å². The molecule has 0 radical (unpaired) electrons. The van der Waals surface area contributed by atoms with Crippen LogP contribution >= 0.6 is 11.3 Å². The van der Waals surface area contributed by atoms with Gasteiger partial charge in [0.15, 0.2) is 0 Å². The summed E-state index contributed by atoms with van der Waals surface area (Å²) in [5.74, 6) is 0.937. The molecule has 1 aliphatic carbocycles. The summed E-state index contributed by atoms with van der Waals surface area (Å²) in [4.78, 5) is 0. The molecule has 1 fully saturated rings. The van der Waals surface area contributed by atoms with Crippen molar-refractivity contribution < 1.29 is 0 Å². The predicted molar refractivity (Wildman–Crippen MR) is 67.4 cm³/mol. The topological polar surface area (TPSA) is 51.8 Å². The Morgan fingerprint density at radius 3 is 2.81 bits per heavy atom. The summed E-state index contributed by atoms with van der Waals surface area (Å²) >= 11 is 1.70. The zero-order valence-electron chi connectivity index (χ0n) is 9.98. The monoisotopic (exact) mass is 239 g/mol. The molecular formula is C12H21N3S. The lowest BCUT2D eigenvalue weighted by Gasteiger charge is -2.05. The molecule has 1 aliphatic rings. The van der Waals surface area contributed by atoms with Gasteiger partial charge in [-0.1, -0.05) is 43.9 Å². The van der Waals surface area contributed by atoms with Crippen molar-refractivity contribution in [2.24, 2.45) is 11.7 Å². The Kier molecular flexibility index (Phi) is 4.29. The van der Waals surface area contributed by atoms with Crippen molar-refractivity contribution in [2.45, 2.75) is 57.9 Å². The van der Waals surface area contributed by atoms with E-state index in [4.69, 9.17) is 5.73 Å². The van der Waals surface area contributed by atoms with Crippen molar-refractivity contribution >= 4 is 11.3 Å². The Labute approximate surface area is 101 Å². The van der Waals surface area contributed by atoms with Crippen LogP contribution in [0.25, 0.3) is 0 Å². The molecule has 4 heteroatoms. The first-order valence-electron chi connectivity index (χ1n) is 6.37. The van der Waals surface area contributed by atoms with Crippen LogP contribution in [0.3, 0.4) is 0 Å². The summed E-state index contributed by atoms with van der Waals surface area (Å²) in [6.45, 7) is 2.09. The molecule has 0 bridgehead atoms. The highest BCUT2D eigenvalue weighted by Crippen LogP contribution is 2.29. The van der Waals surface area contributed by atoms with Gasteiger partial charge in [0.1, 0.15) is 10.0 Å². The van der Waals surface area contributed by atoms with Crippen molar-refractivity contribution in [2.75, 3.05) is 0 Å². The van der Waals surface area contributed by atoms with E-state index in [0.717, 1.165) is 23.8 Å². The van der Waals surface area contributed by atoms with Gasteiger partial charge in [-0.3, -0.25) is 0 Å². The fourth-order valence-corrected chi connectivity index (χ4v) is 3.26. The maximum atomic E-state index is 5.93. The zero-order valence-corrected chi connectivity index (χ0v) is 10.8. The van der Waals surface area contributed by atoms with E-state index >= 15 is 0 Å². The fraction of sp³-hybridized carbons (Fsp3) is 0.833. The molecule has 1 aromatic heterocycles. The average molecular weight is 239 g/mol. The molecule has 1 saturated carbocycles. The zero-order chi connectivity index (χ0) is 11.4. The van der Waals surface area contributed by atoms with Crippen molar-refractivity contribution in [1.29, 1.82) is 0 Å². The minimum Gasteiger partial charge on any atom is -0.322 e. The summed E-state index contributed by atoms with van der Waals surface area (Å²) in [7, 11) is 0. The van der Waals surface area contributed by atoms with Crippen LogP contribution in [0.4, 0.5) is 0 Å². The molecule has 1 aromatic rings. The van der Waals surface area contributed by atoms with E-state index in [2.05, 4.69) is 17.1 Å². The number of nitrogens with zero attached hydrogens (tertiary/aromatic N) is 2. The standard InChI is InChI=1S/C12H21N3S/c1-2-10(13)12-15-14-11(16-12)8-7-9-5-3-4-6-9/h9-10H,2-8,13H2,1H3. The first-order valence-corrected chi connectivity index (χ1v) is 7.19. The number of aromatic nitrogens is 2. The average Bonchev–Trinajstić information content (AvgIpc) is 2.96. The van der Waals surface area contributed by atoms with Crippen molar-refractivity contribution in [3.63, 3.8) is 0 Å². The van der Waals surface area contributed by atoms with Crippen molar-refractivity contribution in [3.8, 4) is 0 Å². The third kappa shape index (κ3) is 3.01. The van der Waals surface area contributed by atoms with Crippen LogP contribution < -0.4 is 5.73 Å². The van der Waals surface area contributed by atoms with E-state index in [1.807, 2.05) is 0 Å². The van der Waals surface area contributed by atoms with Crippen LogP contribution in [0.2, 0.25) is 0 Å². The highest BCUT2D eigenvalue weighted by atomic mass is 32.1. The highest BCUT2D eigenvalue weighted by Gasteiger charge is 2.16. The normalized spacial score (nSPS) is 19.1. The van der Waals surface area contributed by atoms with E-state index in [0.29, 0.717) is 0 Å². The van der Waals surface area contributed by atoms with Gasteiger partial charge in [-0.25, -0.2) is 0 Å². The lowest BCUT2D eigenvalue weighted by atomic mass is 10.0. The number of nitrogens with two attached hydrogens (primary N) is 1. The second-order valence-corrected chi connectivity index (χ2v) is 5.83. The summed E-state index contributed by atoms with van der Waals surface area (Å²) in [6.07, 6.45) is 9.01. The van der Waals surface area contributed by atoms with Crippen LogP contribution in [-0.4, -0.2) is 10.2 Å². The summed E-state index contributed by atoms with van der Waals surface area (Å²) in [6, 6.07) is 0.0812. The second kappa shape index (κ2) is 5.73. The smallest absolute Gasteiger partial charge is 0.134 e. The molecule has 2 rings (SSSR count). The minimum absolute atomic E-state index is 0.0812. The van der Waals surface area contributed by atoms with Gasteiger partial charge in [0.25, 0.3) is 0 Å². The van der Waals surface area contributed by atoms with Crippen LogP contribution in [0, 0.1) is 5.92 Å². The van der Waals surface area contributed by atoms with Gasteiger partial charge in [-0.15, -0.1) is 10.2 Å². The molecule has 0 aromatic carbocycles. The summed E-state index contributed by atoms with van der Waals surface area (Å²) in [5, 5.41) is 10.6. The number of hydrogen-bond donors (Lipinski definition) is 1. The van der Waals surface area contributed by atoms with Gasteiger partial charge in [0.05, 0.1) is 6.04 Å². The molecule has 1 unspecified atom stereocenters. The van der Waals surface area contributed by atoms with Gasteiger partial charge in [-0.2, -0.15) is 0 Å². The van der Waals surface area contributed by atoms with E-state index in [-0.39, 0.29) is 6.04 Å². The summed E-state index contributed by atoms with van der Waals surface area (Å²) in [5.41, 5.74) is 5.93. The van der Waals surface area contributed by atoms with Crippen LogP contribution in [-0.2, 0) is 6.42 Å². The predicted octanol–water partition coefficient (Wildman–Crippen LogP) is 3.07. The van der Waals surface area contributed by atoms with Gasteiger partial charge in [0, 0.05) is 6.42 Å². The first kappa shape index (κ1) is 12.0. The number of rotatable bonds is 5. The van der Waals surface area contributed by atoms with Crippen LogP contribution in [0.5, 0.6) is 0 Å². The molecule has 90 valence electrons. The first-order chi connectivity index (χ1) is 7.79. The Hall–Kier alpha value is -0.480. The molecule has 16 heavy (non-hydrogen) atoms. The van der Waals surface area contributed by atoms with Crippen LogP contribution in [0.15, 0.2) is 0 Å². The largest absolute Gasteiger partial charge is 0.322 e. The number of hydrogen-bond acceptors (Lipinski definition) is 4. The molecule has 1 heterocycles. The van der Waals surface area contributed by atoms with Gasteiger partial charge in [-0.05, 0) is 18.8 Å². The molecule has 2 N–H and O–H groups in total. The maximum Gasteiger partial charge on any atom is 0.134 e. The quantitative estimate of drug-likeness (QED) is 0.859. The van der Waals surface area contributed by atoms with Crippen LogP contribution in [0.1, 0.15) is 61.5 Å². The lowest BCUT2D eigenvalue weighted by molar-refractivity contribution is 0.502. The van der Waals surface area contributed by atoms with E-state index in [9.17, 15) is 0 Å². The Balaban J connectivity index is 1.82. The van der Waals surface area contributed by atoms with E-state index in [1.165, 1.54) is 37.1 Å². The fourth-order valence-electron chi connectivity index (χ4n) is 2.32. The van der Waals surface area contributed by atoms with Gasteiger partial charge >= 0.3 is 0 Å². The summed E-state index contributed by atoms with van der Waals surface area (Å²) < 4.78 is 0. The van der Waals surface area contributed by atoms with Gasteiger partial charge in [0.2, 0.25) is 0 Å². The van der Waals surface area contributed by atoms with E-state index < -0.39 is 0 Å². The lowest BCUT2D eigenvalue weighted by Crippen LogP contribution is -2.07. The highest BCUT2D eigenvalue weighted by molar-refractivity contribution is 7.11. The van der Waals surface area contributed by atoms with E-state index in [1.54, 1.807) is 11.3 Å². The molecule has 1 atom stereocenters. The molecule has 0 aliphatic heterocycles. The van der Waals surface area contributed by atoms with Gasteiger partial charge < -0.3 is 5.73 Å². The number of aryl methyl sites for hydroxylation is 1. The Bertz CT molecular complexity index is 318. The molecular weight excluding hydrogens is 218 g/mol. The third-order valence-corrected chi connectivity index (χ3v) is 4.60. The maximum absolute atomic E-state index is 5.93. The SMILES string of the molecule is CCC(N)c1nnc(CCC2CCCC2)s1. The molecule has 3 nitrogen and oxygen atoms in total. The van der Waals surface area contributed by atoms with Crippen molar-refractivity contribution in [3.05, 3.63) is 10.0 Å². The molecule has 0 amide bonds. The Morgan fingerprint density at radius 2 is 2.12 bits per heavy atom. The molecule has 0 saturated heterocycles. The minimum atomic E-state index is 0.0812.